The van der Waals surface area contributed by atoms with E-state index in [1.54, 1.807) is 19.1 Å². The number of hydrogen-bond acceptors (Lipinski definition) is 8. The molecule has 0 N–H and O–H groups in total. The Morgan fingerprint density at radius 2 is 2.00 bits per heavy atom. The minimum Gasteiger partial charge on any atom is -0.468 e. The average molecular weight is 302 g/mol. The molecule has 0 bridgehead atoms. The zero-order valence-corrected chi connectivity index (χ0v) is 12.3. The predicted molar refractivity (Wildman–Crippen MR) is 77.6 cm³/mol. The van der Waals surface area contributed by atoms with Gasteiger partial charge in [-0.1, -0.05) is 6.07 Å². The molecular weight excluding hydrogens is 288 g/mol. The fraction of sp³-hybridized carbons (Fsp3) is 0.357. The fourth-order valence-corrected chi connectivity index (χ4v) is 2.45. The van der Waals surface area contributed by atoms with Crippen LogP contribution in [0.3, 0.4) is 0 Å². The molecule has 0 saturated heterocycles. The van der Waals surface area contributed by atoms with E-state index in [9.17, 15) is 4.79 Å². The molecule has 3 rings (SSSR count). The molecule has 0 spiro atoms. The Morgan fingerprint density at radius 1 is 1.23 bits per heavy atom. The highest BCUT2D eigenvalue weighted by Gasteiger charge is 2.36. The van der Waals surface area contributed by atoms with Gasteiger partial charge in [-0.3, -0.25) is 4.79 Å². The molecule has 0 radical (unpaired) electrons. The molecule has 1 aliphatic rings. The van der Waals surface area contributed by atoms with Crippen molar-refractivity contribution >= 4 is 28.7 Å². The van der Waals surface area contributed by atoms with E-state index in [1.165, 1.54) is 14.2 Å². The van der Waals surface area contributed by atoms with E-state index in [1.807, 2.05) is 6.07 Å². The molecule has 1 aromatic heterocycles. The maximum Gasteiger partial charge on any atom is 0.316 e. The van der Waals surface area contributed by atoms with E-state index in [-0.39, 0.29) is 6.02 Å². The van der Waals surface area contributed by atoms with Crippen LogP contribution in [0.5, 0.6) is 0 Å². The molecule has 8 heteroatoms. The molecule has 2 atom stereocenters. The number of carbonyl (C=O) groups is 1. The molecule has 0 aliphatic carbocycles. The van der Waals surface area contributed by atoms with E-state index in [2.05, 4.69) is 20.3 Å². The molecule has 2 unspecified atom stereocenters. The monoisotopic (exact) mass is 302 g/mol. The van der Waals surface area contributed by atoms with Crippen molar-refractivity contribution in [2.75, 3.05) is 14.2 Å². The Bertz CT molecular complexity index is 780. The summed E-state index contributed by atoms with van der Waals surface area (Å²) in [5.41, 5.74) is 2.59. The first kappa shape index (κ1) is 14.2. The Balaban J connectivity index is 2.08. The van der Waals surface area contributed by atoms with E-state index in [0.29, 0.717) is 16.7 Å². The number of carbonyl (C=O) groups excluding carboxylic acids is 1. The minimum atomic E-state index is -0.610. The van der Waals surface area contributed by atoms with Crippen LogP contribution in [0.4, 0.5) is 0 Å². The van der Waals surface area contributed by atoms with Crippen molar-refractivity contribution < 1.29 is 18.9 Å². The van der Waals surface area contributed by atoms with Crippen LogP contribution in [0.15, 0.2) is 32.8 Å². The largest absolute Gasteiger partial charge is 0.468 e. The van der Waals surface area contributed by atoms with Gasteiger partial charge in [-0.25, -0.2) is 14.6 Å². The number of fused-ring (bicyclic) bond motifs is 1. The normalized spacial score (nSPS) is 21.2. The lowest BCUT2D eigenvalue weighted by Crippen LogP contribution is -2.33. The lowest BCUT2D eigenvalue weighted by Gasteiger charge is -2.25. The van der Waals surface area contributed by atoms with Crippen LogP contribution in [0.1, 0.15) is 18.5 Å². The molecule has 1 aliphatic heterocycles. The predicted octanol–water partition coefficient (Wildman–Crippen LogP) is 1.53. The van der Waals surface area contributed by atoms with Crippen LogP contribution in [-0.4, -0.2) is 42.2 Å². The Kier molecular flexibility index (Phi) is 3.58. The first-order valence-electron chi connectivity index (χ1n) is 6.61. The maximum absolute atomic E-state index is 12.1. The van der Waals surface area contributed by atoms with Crippen molar-refractivity contribution in [3.05, 3.63) is 23.8 Å². The van der Waals surface area contributed by atoms with E-state index < -0.39 is 17.9 Å². The van der Waals surface area contributed by atoms with Gasteiger partial charge in [0.2, 0.25) is 0 Å². The summed E-state index contributed by atoms with van der Waals surface area (Å²) in [6.07, 6.45) is 0. The second-order valence-corrected chi connectivity index (χ2v) is 4.83. The summed E-state index contributed by atoms with van der Waals surface area (Å²) in [5, 5.41) is 7.57. The minimum absolute atomic E-state index is 0.223. The van der Waals surface area contributed by atoms with E-state index >= 15 is 0 Å². The third-order valence-electron chi connectivity index (χ3n) is 3.54. The van der Waals surface area contributed by atoms with Gasteiger partial charge in [0.1, 0.15) is 17.0 Å². The number of ether oxygens (including phenoxy) is 2. The number of aliphatic imine (C=N–C) groups is 2. The number of hydrogen-bond donors (Lipinski definition) is 0. The molecule has 2 aromatic rings. The standard InChI is InChI=1S/C14H14N4O4/c1-7-11(13(19)20-2)12(16-14(15-7)21-3)8-4-5-9-10(6-8)18-22-17-9/h4-6,11-12H,1-3H3. The Morgan fingerprint density at radius 3 is 2.73 bits per heavy atom. The summed E-state index contributed by atoms with van der Waals surface area (Å²) in [6, 6.07) is 5.09. The van der Waals surface area contributed by atoms with Gasteiger partial charge >= 0.3 is 12.0 Å². The molecular formula is C14H14N4O4. The van der Waals surface area contributed by atoms with Gasteiger partial charge in [-0.2, -0.15) is 0 Å². The lowest BCUT2D eigenvalue weighted by molar-refractivity contribution is -0.143. The highest BCUT2D eigenvalue weighted by atomic mass is 16.6. The van der Waals surface area contributed by atoms with Crippen LogP contribution in [0, 0.1) is 5.92 Å². The van der Waals surface area contributed by atoms with Gasteiger partial charge in [0.15, 0.2) is 0 Å². The summed E-state index contributed by atoms with van der Waals surface area (Å²) < 4.78 is 14.7. The zero-order valence-electron chi connectivity index (χ0n) is 12.3. The van der Waals surface area contributed by atoms with Crippen LogP contribution in [0.2, 0.25) is 0 Å². The number of rotatable bonds is 2. The molecule has 1 aromatic carbocycles. The third-order valence-corrected chi connectivity index (χ3v) is 3.54. The third kappa shape index (κ3) is 2.32. The van der Waals surface area contributed by atoms with Gasteiger partial charge in [-0.05, 0) is 34.9 Å². The number of methoxy groups -OCH3 is 2. The van der Waals surface area contributed by atoms with Gasteiger partial charge in [0.25, 0.3) is 0 Å². The van der Waals surface area contributed by atoms with Crippen LogP contribution < -0.4 is 0 Å². The lowest BCUT2D eigenvalue weighted by atomic mass is 9.89. The Hall–Kier alpha value is -2.77. The highest BCUT2D eigenvalue weighted by Crippen LogP contribution is 2.33. The van der Waals surface area contributed by atoms with Gasteiger partial charge in [0.05, 0.1) is 20.3 Å². The number of nitrogens with zero attached hydrogens (tertiary/aromatic N) is 4. The van der Waals surface area contributed by atoms with E-state index in [0.717, 1.165) is 5.56 Å². The summed E-state index contributed by atoms with van der Waals surface area (Å²) in [7, 11) is 2.82. The topological polar surface area (TPSA) is 99.2 Å². The van der Waals surface area contributed by atoms with Crippen molar-refractivity contribution in [2.24, 2.45) is 15.9 Å². The fourth-order valence-electron chi connectivity index (χ4n) is 2.45. The smallest absolute Gasteiger partial charge is 0.316 e. The van der Waals surface area contributed by atoms with Crippen molar-refractivity contribution in [1.29, 1.82) is 0 Å². The highest BCUT2D eigenvalue weighted by molar-refractivity contribution is 6.07. The molecule has 22 heavy (non-hydrogen) atoms. The van der Waals surface area contributed by atoms with Crippen LogP contribution >= 0.6 is 0 Å². The number of esters is 1. The van der Waals surface area contributed by atoms with Gasteiger partial charge < -0.3 is 9.47 Å². The molecule has 8 nitrogen and oxygen atoms in total. The first-order chi connectivity index (χ1) is 10.6. The summed E-state index contributed by atoms with van der Waals surface area (Å²) in [4.78, 5) is 20.7. The second kappa shape index (κ2) is 5.55. The first-order valence-corrected chi connectivity index (χ1v) is 6.61. The Labute approximate surface area is 125 Å². The number of amidine groups is 1. The zero-order chi connectivity index (χ0) is 15.7. The van der Waals surface area contributed by atoms with Crippen LogP contribution in [0.25, 0.3) is 11.0 Å². The molecule has 0 saturated carbocycles. The van der Waals surface area contributed by atoms with E-state index in [4.69, 9.17) is 14.1 Å². The van der Waals surface area contributed by atoms with Gasteiger partial charge in [-0.15, -0.1) is 0 Å². The van der Waals surface area contributed by atoms with Gasteiger partial charge in [0, 0.05) is 5.71 Å². The van der Waals surface area contributed by atoms with Crippen molar-refractivity contribution in [3.63, 3.8) is 0 Å². The second-order valence-electron chi connectivity index (χ2n) is 4.83. The molecule has 114 valence electrons. The molecule has 0 amide bonds. The summed E-state index contributed by atoms with van der Waals surface area (Å²) in [5.74, 6) is -1.01. The van der Waals surface area contributed by atoms with Crippen molar-refractivity contribution in [2.45, 2.75) is 13.0 Å². The van der Waals surface area contributed by atoms with Crippen molar-refractivity contribution in [1.82, 2.24) is 10.3 Å². The quantitative estimate of drug-likeness (QED) is 0.780. The molecule has 0 fully saturated rings. The molecule has 2 heterocycles. The summed E-state index contributed by atoms with van der Waals surface area (Å²) >= 11 is 0. The van der Waals surface area contributed by atoms with Crippen LogP contribution in [-0.2, 0) is 14.3 Å². The number of benzene rings is 1. The number of aromatic nitrogens is 2. The maximum atomic E-state index is 12.1. The SMILES string of the molecule is COC(=O)C1C(C)=NC(OC)=NC1c1ccc2nonc2c1. The van der Waals surface area contributed by atoms with Crippen molar-refractivity contribution in [3.8, 4) is 0 Å². The average Bonchev–Trinajstić information content (AvgIpc) is 3.00. The summed E-state index contributed by atoms with van der Waals surface area (Å²) in [6.45, 7) is 1.75.